The molecule has 0 heterocycles. The molecule has 20 heavy (non-hydrogen) atoms. The highest BCUT2D eigenvalue weighted by molar-refractivity contribution is 9.08. The number of carbonyl (C=O) groups is 2. The van der Waals surface area contributed by atoms with Crippen molar-refractivity contribution in [3.63, 3.8) is 0 Å². The van der Waals surface area contributed by atoms with Crippen LogP contribution in [0, 0.1) is 11.8 Å². The van der Waals surface area contributed by atoms with Gasteiger partial charge in [-0.25, -0.2) is 0 Å². The summed E-state index contributed by atoms with van der Waals surface area (Å²) in [6.45, 7) is 3.95. The average Bonchev–Trinajstić information content (AvgIpc) is 2.38. The molecule has 4 nitrogen and oxygen atoms in total. The minimum absolute atomic E-state index is 0.0865. The van der Waals surface area contributed by atoms with Crippen molar-refractivity contribution in [1.29, 1.82) is 0 Å². The van der Waals surface area contributed by atoms with Crippen LogP contribution in [-0.4, -0.2) is 22.2 Å². The van der Waals surface area contributed by atoms with Gasteiger partial charge in [-0.2, -0.15) is 0 Å². The van der Waals surface area contributed by atoms with Crippen molar-refractivity contribution in [1.82, 2.24) is 0 Å². The van der Waals surface area contributed by atoms with Crippen LogP contribution in [0.25, 0.3) is 0 Å². The monoisotopic (exact) mass is 342 g/mol. The second-order valence-electron chi connectivity index (χ2n) is 5.19. The Hall–Kier alpha value is -1.36. The number of aliphatic carboxylic acids is 2. The molecular weight excluding hydrogens is 324 g/mol. The lowest BCUT2D eigenvalue weighted by molar-refractivity contribution is -0.155. The highest BCUT2D eigenvalue weighted by Crippen LogP contribution is 2.31. The van der Waals surface area contributed by atoms with E-state index in [1.165, 1.54) is 0 Å². The molecule has 2 N–H and O–H groups in total. The zero-order valence-electron chi connectivity index (χ0n) is 11.5. The molecule has 0 aliphatic carbocycles. The summed E-state index contributed by atoms with van der Waals surface area (Å²) in [5.74, 6) is -3.83. The Labute approximate surface area is 126 Å². The number of halogens is 1. The summed E-state index contributed by atoms with van der Waals surface area (Å²) in [6.07, 6.45) is 0.107. The molecular formula is C15H19BrO4. The van der Waals surface area contributed by atoms with Crippen LogP contribution >= 0.6 is 15.9 Å². The molecule has 1 unspecified atom stereocenters. The summed E-state index contributed by atoms with van der Waals surface area (Å²) in [4.78, 5) is 22.1. The van der Waals surface area contributed by atoms with Gasteiger partial charge in [0.2, 0.25) is 0 Å². The summed E-state index contributed by atoms with van der Waals surface area (Å²) < 4.78 is 0. The highest BCUT2D eigenvalue weighted by atomic mass is 79.9. The van der Waals surface area contributed by atoms with Gasteiger partial charge in [-0.15, -0.1) is 0 Å². The summed E-state index contributed by atoms with van der Waals surface area (Å²) in [5, 5.41) is 18.8. The first-order valence-corrected chi connectivity index (χ1v) is 7.59. The zero-order valence-corrected chi connectivity index (χ0v) is 13.1. The van der Waals surface area contributed by atoms with Crippen LogP contribution in [0.3, 0.4) is 0 Å². The fraction of sp³-hybridized carbons (Fsp3) is 0.467. The molecule has 0 spiro atoms. The molecule has 1 aromatic carbocycles. The molecule has 0 bridgehead atoms. The van der Waals surface area contributed by atoms with Crippen LogP contribution in [0.2, 0.25) is 0 Å². The van der Waals surface area contributed by atoms with Crippen LogP contribution in [-0.2, 0) is 14.9 Å². The van der Waals surface area contributed by atoms with Crippen molar-refractivity contribution in [2.45, 2.75) is 31.5 Å². The van der Waals surface area contributed by atoms with Crippen LogP contribution in [0.15, 0.2) is 24.3 Å². The van der Waals surface area contributed by atoms with E-state index in [2.05, 4.69) is 15.9 Å². The predicted molar refractivity (Wildman–Crippen MR) is 80.0 cm³/mol. The Morgan fingerprint density at radius 2 is 1.60 bits per heavy atom. The maximum atomic E-state index is 11.0. The van der Waals surface area contributed by atoms with Crippen molar-refractivity contribution in [3.05, 3.63) is 35.4 Å². The smallest absolute Gasteiger partial charge is 0.317 e. The van der Waals surface area contributed by atoms with Crippen LogP contribution < -0.4 is 0 Å². The quantitative estimate of drug-likeness (QED) is 0.587. The first-order valence-electron chi connectivity index (χ1n) is 6.47. The normalized spacial score (nSPS) is 12.7. The molecule has 110 valence electrons. The van der Waals surface area contributed by atoms with E-state index in [-0.39, 0.29) is 18.3 Å². The number of rotatable bonds is 7. The number of hydrogen-bond acceptors (Lipinski definition) is 2. The van der Waals surface area contributed by atoms with E-state index < -0.39 is 17.9 Å². The van der Waals surface area contributed by atoms with E-state index in [4.69, 9.17) is 10.2 Å². The van der Waals surface area contributed by atoms with Crippen molar-refractivity contribution < 1.29 is 19.8 Å². The van der Waals surface area contributed by atoms with E-state index in [9.17, 15) is 9.59 Å². The number of alkyl halides is 1. The fourth-order valence-electron chi connectivity index (χ4n) is 2.21. The van der Waals surface area contributed by atoms with Crippen molar-refractivity contribution >= 4 is 27.9 Å². The van der Waals surface area contributed by atoms with Gasteiger partial charge in [0, 0.05) is 5.33 Å². The third kappa shape index (κ3) is 4.34. The van der Waals surface area contributed by atoms with E-state index in [0.717, 1.165) is 16.5 Å². The molecule has 1 rings (SSSR count). The molecule has 0 amide bonds. The molecule has 5 heteroatoms. The van der Waals surface area contributed by atoms with Crippen molar-refractivity contribution in [2.75, 3.05) is 0 Å². The lowest BCUT2D eigenvalue weighted by Gasteiger charge is -2.23. The Bertz CT molecular complexity index is 453. The Morgan fingerprint density at radius 3 is 1.95 bits per heavy atom. The zero-order chi connectivity index (χ0) is 15.3. The van der Waals surface area contributed by atoms with Gasteiger partial charge in [-0.05, 0) is 29.4 Å². The number of carboxylic acids is 2. The number of carboxylic acid groups (broad SMARTS) is 2. The maximum Gasteiger partial charge on any atom is 0.317 e. The van der Waals surface area contributed by atoms with Gasteiger partial charge >= 0.3 is 11.9 Å². The highest BCUT2D eigenvalue weighted by Gasteiger charge is 2.31. The first-order chi connectivity index (χ1) is 9.36. The van der Waals surface area contributed by atoms with Gasteiger partial charge in [0.25, 0.3) is 0 Å². The lowest BCUT2D eigenvalue weighted by Crippen LogP contribution is -2.26. The second kappa shape index (κ2) is 7.43. The summed E-state index contributed by atoms with van der Waals surface area (Å²) in [7, 11) is 0. The maximum absolute atomic E-state index is 11.0. The molecule has 1 aromatic rings. The molecule has 0 saturated heterocycles. The predicted octanol–water partition coefficient (Wildman–Crippen LogP) is 3.50. The van der Waals surface area contributed by atoms with Crippen LogP contribution in [0.4, 0.5) is 0 Å². The van der Waals surface area contributed by atoms with E-state index in [1.807, 2.05) is 38.1 Å². The molecule has 0 aromatic heterocycles. The molecule has 0 aliphatic heterocycles. The van der Waals surface area contributed by atoms with Gasteiger partial charge in [0.1, 0.15) is 0 Å². The van der Waals surface area contributed by atoms with E-state index >= 15 is 0 Å². The van der Waals surface area contributed by atoms with Gasteiger partial charge in [-0.1, -0.05) is 54.0 Å². The van der Waals surface area contributed by atoms with Crippen molar-refractivity contribution in [2.24, 2.45) is 11.8 Å². The fourth-order valence-corrected chi connectivity index (χ4v) is 2.58. The van der Waals surface area contributed by atoms with Crippen LogP contribution in [0.1, 0.15) is 37.3 Å². The van der Waals surface area contributed by atoms with Crippen molar-refractivity contribution in [3.8, 4) is 0 Å². The molecule has 1 atom stereocenters. The van der Waals surface area contributed by atoms with Gasteiger partial charge in [0.15, 0.2) is 5.92 Å². The standard InChI is InChI=1S/C15H19BrO4/c1-9(2)12(7-13(14(17)18)15(19)20)11-5-3-10(8-16)4-6-11/h3-6,9,12-13H,7-8H2,1-2H3,(H,17,18)(H,19,20). The summed E-state index contributed by atoms with van der Waals surface area (Å²) in [5.41, 5.74) is 2.11. The summed E-state index contributed by atoms with van der Waals surface area (Å²) >= 11 is 3.37. The second-order valence-corrected chi connectivity index (χ2v) is 5.75. The van der Waals surface area contributed by atoms with E-state index in [1.54, 1.807) is 0 Å². The minimum atomic E-state index is -1.36. The Kier molecular flexibility index (Phi) is 6.20. The van der Waals surface area contributed by atoms with Gasteiger partial charge < -0.3 is 10.2 Å². The Morgan fingerprint density at radius 1 is 1.10 bits per heavy atom. The molecule has 0 aliphatic rings. The van der Waals surface area contributed by atoms with Gasteiger partial charge in [0.05, 0.1) is 0 Å². The molecule has 0 saturated carbocycles. The Balaban J connectivity index is 2.98. The van der Waals surface area contributed by atoms with E-state index in [0.29, 0.717) is 0 Å². The molecule has 0 radical (unpaired) electrons. The third-order valence-electron chi connectivity index (χ3n) is 3.45. The SMILES string of the molecule is CC(C)C(CC(C(=O)O)C(=O)O)c1ccc(CBr)cc1. The number of hydrogen-bond donors (Lipinski definition) is 2. The third-order valence-corrected chi connectivity index (χ3v) is 4.10. The average molecular weight is 343 g/mol. The minimum Gasteiger partial charge on any atom is -0.481 e. The largest absolute Gasteiger partial charge is 0.481 e. The first kappa shape index (κ1) is 16.7. The molecule has 0 fully saturated rings. The number of benzene rings is 1. The lowest BCUT2D eigenvalue weighted by atomic mass is 9.81. The topological polar surface area (TPSA) is 74.6 Å². The van der Waals surface area contributed by atoms with Gasteiger partial charge in [-0.3, -0.25) is 9.59 Å². The summed E-state index contributed by atoms with van der Waals surface area (Å²) in [6, 6.07) is 7.83. The van der Waals surface area contributed by atoms with Crippen LogP contribution in [0.5, 0.6) is 0 Å².